The molecule has 1 unspecified atom stereocenters. The number of rotatable bonds is 5. The third-order valence-electron chi connectivity index (χ3n) is 6.34. The zero-order valence-corrected chi connectivity index (χ0v) is 18.1. The number of carbonyl (C=O) groups is 1. The summed E-state index contributed by atoms with van der Waals surface area (Å²) in [5.74, 6) is 0.169. The fourth-order valence-electron chi connectivity index (χ4n) is 4.53. The number of hydrogen-bond acceptors (Lipinski definition) is 2. The summed E-state index contributed by atoms with van der Waals surface area (Å²) >= 11 is 0. The topological polar surface area (TPSA) is 32.3 Å². The second-order valence-electron chi connectivity index (χ2n) is 8.28. The van der Waals surface area contributed by atoms with Crippen molar-refractivity contribution in [2.24, 2.45) is 0 Å². The molecule has 0 radical (unpaired) electrons. The molecule has 32 heavy (non-hydrogen) atoms. The first-order valence-corrected chi connectivity index (χ1v) is 11.0. The molecule has 0 saturated carbocycles. The summed E-state index contributed by atoms with van der Waals surface area (Å²) in [5.41, 5.74) is 7.17. The molecule has 1 heterocycles. The van der Waals surface area contributed by atoms with Gasteiger partial charge < -0.3 is 4.90 Å². The Morgan fingerprint density at radius 2 is 1.06 bits per heavy atom. The van der Waals surface area contributed by atoms with Crippen LogP contribution in [0, 0.1) is 0 Å². The van der Waals surface area contributed by atoms with Gasteiger partial charge in [-0.15, -0.1) is 0 Å². The second-order valence-corrected chi connectivity index (χ2v) is 8.28. The molecule has 4 aromatic rings. The SMILES string of the molecule is CN1C(=O)CNC1C(c1ccc(-c2ccccc2)cc1)c1ccc(-c2ccccc2)cc1. The average Bonchev–Trinajstić information content (AvgIpc) is 3.19. The molecular formula is C29H26N2O. The van der Waals surface area contributed by atoms with E-state index in [0.717, 1.165) is 0 Å². The molecule has 0 aliphatic carbocycles. The number of carbonyl (C=O) groups excluding carboxylic acids is 1. The summed E-state index contributed by atoms with van der Waals surface area (Å²) in [6.45, 7) is 0.377. The quantitative estimate of drug-likeness (QED) is 0.461. The predicted octanol–water partition coefficient (Wildman–Crippen LogP) is 5.54. The molecule has 1 N–H and O–H groups in total. The Morgan fingerprint density at radius 1 is 0.656 bits per heavy atom. The average molecular weight is 419 g/mol. The Kier molecular flexibility index (Phi) is 5.57. The van der Waals surface area contributed by atoms with Crippen LogP contribution in [0.25, 0.3) is 22.3 Å². The van der Waals surface area contributed by atoms with Gasteiger partial charge in [-0.05, 0) is 33.4 Å². The van der Waals surface area contributed by atoms with Crippen LogP contribution in [0.5, 0.6) is 0 Å². The number of benzene rings is 4. The minimum atomic E-state index is -0.0762. The van der Waals surface area contributed by atoms with Crippen molar-refractivity contribution in [1.82, 2.24) is 10.2 Å². The van der Waals surface area contributed by atoms with Crippen molar-refractivity contribution in [3.63, 3.8) is 0 Å². The molecule has 1 aliphatic rings. The fraction of sp³-hybridized carbons (Fsp3) is 0.138. The van der Waals surface area contributed by atoms with Crippen molar-refractivity contribution >= 4 is 5.91 Å². The molecule has 158 valence electrons. The van der Waals surface area contributed by atoms with E-state index in [9.17, 15) is 4.79 Å². The number of amides is 1. The van der Waals surface area contributed by atoms with Crippen LogP contribution in [0.4, 0.5) is 0 Å². The normalized spacial score (nSPS) is 16.0. The first kappa shape index (κ1) is 20.2. The summed E-state index contributed by atoms with van der Waals surface area (Å²) < 4.78 is 0. The van der Waals surface area contributed by atoms with E-state index in [4.69, 9.17) is 0 Å². The van der Waals surface area contributed by atoms with Crippen LogP contribution in [0.3, 0.4) is 0 Å². The van der Waals surface area contributed by atoms with Crippen LogP contribution in [-0.2, 0) is 4.79 Å². The van der Waals surface area contributed by atoms with Gasteiger partial charge in [-0.1, -0.05) is 109 Å². The summed E-state index contributed by atoms with van der Waals surface area (Å²) in [5, 5.41) is 3.42. The van der Waals surface area contributed by atoms with E-state index in [1.54, 1.807) is 0 Å². The summed E-state index contributed by atoms with van der Waals surface area (Å²) in [4.78, 5) is 14.1. The Hall–Kier alpha value is -3.69. The Balaban J connectivity index is 1.51. The van der Waals surface area contributed by atoms with Gasteiger partial charge in [-0.2, -0.15) is 0 Å². The van der Waals surface area contributed by atoms with Gasteiger partial charge in [0.15, 0.2) is 0 Å². The lowest BCUT2D eigenvalue weighted by Crippen LogP contribution is -2.40. The molecule has 0 bridgehead atoms. The van der Waals surface area contributed by atoms with E-state index < -0.39 is 0 Å². The van der Waals surface area contributed by atoms with Gasteiger partial charge in [-0.3, -0.25) is 10.1 Å². The Morgan fingerprint density at radius 3 is 1.44 bits per heavy atom. The maximum absolute atomic E-state index is 12.3. The van der Waals surface area contributed by atoms with E-state index in [1.807, 2.05) is 24.1 Å². The minimum absolute atomic E-state index is 0.0427. The number of hydrogen-bond donors (Lipinski definition) is 1. The largest absolute Gasteiger partial charge is 0.328 e. The first-order chi connectivity index (χ1) is 15.7. The molecule has 1 amide bonds. The highest BCUT2D eigenvalue weighted by Crippen LogP contribution is 2.34. The maximum Gasteiger partial charge on any atom is 0.237 e. The minimum Gasteiger partial charge on any atom is -0.328 e. The van der Waals surface area contributed by atoms with Gasteiger partial charge in [-0.25, -0.2) is 0 Å². The predicted molar refractivity (Wildman–Crippen MR) is 130 cm³/mol. The summed E-state index contributed by atoms with van der Waals surface area (Å²) in [6.07, 6.45) is -0.0762. The molecule has 0 aromatic heterocycles. The first-order valence-electron chi connectivity index (χ1n) is 11.0. The van der Waals surface area contributed by atoms with Gasteiger partial charge in [0.2, 0.25) is 5.91 Å². The monoisotopic (exact) mass is 418 g/mol. The third-order valence-corrected chi connectivity index (χ3v) is 6.34. The fourth-order valence-corrected chi connectivity index (χ4v) is 4.53. The highest BCUT2D eigenvalue weighted by Gasteiger charge is 2.35. The molecule has 3 nitrogen and oxygen atoms in total. The van der Waals surface area contributed by atoms with Crippen molar-refractivity contribution in [3.05, 3.63) is 120 Å². The smallest absolute Gasteiger partial charge is 0.237 e. The van der Waals surface area contributed by atoms with Crippen molar-refractivity contribution in [1.29, 1.82) is 0 Å². The van der Waals surface area contributed by atoms with Gasteiger partial charge in [0.05, 0.1) is 12.7 Å². The summed E-state index contributed by atoms with van der Waals surface area (Å²) in [7, 11) is 1.89. The molecule has 4 aromatic carbocycles. The standard InChI is InChI=1S/C29H26N2O/c1-31-27(32)20-30-29(31)28(25-16-12-23(13-17-25)21-8-4-2-5-9-21)26-18-14-24(15-19-26)22-10-6-3-7-11-22/h2-19,28-30H,20H2,1H3. The van der Waals surface area contributed by atoms with E-state index >= 15 is 0 Å². The molecule has 0 spiro atoms. The van der Waals surface area contributed by atoms with Crippen LogP contribution in [0.2, 0.25) is 0 Å². The molecule has 5 rings (SSSR count). The molecule has 1 atom stereocenters. The number of nitrogens with one attached hydrogen (secondary N) is 1. The van der Waals surface area contributed by atoms with E-state index in [-0.39, 0.29) is 18.0 Å². The number of likely N-dealkylation sites (N-methyl/N-ethyl adjacent to an activating group) is 1. The Labute approximate surface area is 189 Å². The zero-order chi connectivity index (χ0) is 21.9. The second kappa shape index (κ2) is 8.81. The van der Waals surface area contributed by atoms with Crippen LogP contribution < -0.4 is 5.32 Å². The number of nitrogens with zero attached hydrogens (tertiary/aromatic N) is 1. The van der Waals surface area contributed by atoms with E-state index in [0.29, 0.717) is 6.54 Å². The van der Waals surface area contributed by atoms with E-state index in [2.05, 4.69) is 102 Å². The lowest BCUT2D eigenvalue weighted by Gasteiger charge is -2.30. The molecule has 3 heteroatoms. The van der Waals surface area contributed by atoms with Crippen molar-refractivity contribution < 1.29 is 4.79 Å². The maximum atomic E-state index is 12.3. The molecular weight excluding hydrogens is 392 g/mol. The van der Waals surface area contributed by atoms with Crippen molar-refractivity contribution in [2.75, 3.05) is 13.6 Å². The lowest BCUT2D eigenvalue weighted by molar-refractivity contribution is -0.126. The van der Waals surface area contributed by atoms with Gasteiger partial charge in [0.25, 0.3) is 0 Å². The summed E-state index contributed by atoms with van der Waals surface area (Å²) in [6, 6.07) is 38.3. The van der Waals surface area contributed by atoms with Crippen molar-refractivity contribution in [2.45, 2.75) is 12.1 Å². The van der Waals surface area contributed by atoms with Crippen LogP contribution in [0.15, 0.2) is 109 Å². The zero-order valence-electron chi connectivity index (χ0n) is 18.1. The molecule has 1 saturated heterocycles. The van der Waals surface area contributed by atoms with Gasteiger partial charge >= 0.3 is 0 Å². The molecule has 1 fully saturated rings. The third kappa shape index (κ3) is 3.95. The van der Waals surface area contributed by atoms with Gasteiger partial charge in [0.1, 0.15) is 0 Å². The van der Waals surface area contributed by atoms with Gasteiger partial charge in [0, 0.05) is 13.0 Å². The van der Waals surface area contributed by atoms with Crippen LogP contribution in [-0.4, -0.2) is 30.6 Å². The lowest BCUT2D eigenvalue weighted by atomic mass is 9.86. The Bertz CT molecular complexity index is 1100. The highest BCUT2D eigenvalue weighted by atomic mass is 16.2. The van der Waals surface area contributed by atoms with Crippen LogP contribution in [0.1, 0.15) is 17.0 Å². The van der Waals surface area contributed by atoms with Crippen molar-refractivity contribution in [3.8, 4) is 22.3 Å². The molecule has 1 aliphatic heterocycles. The van der Waals surface area contributed by atoms with E-state index in [1.165, 1.54) is 33.4 Å². The highest BCUT2D eigenvalue weighted by molar-refractivity contribution is 5.80. The van der Waals surface area contributed by atoms with Crippen LogP contribution >= 0.6 is 0 Å².